The number of benzene rings is 1. The van der Waals surface area contributed by atoms with E-state index in [0.717, 1.165) is 6.54 Å². The zero-order valence-corrected chi connectivity index (χ0v) is 22.0. The van der Waals surface area contributed by atoms with Crippen molar-refractivity contribution in [3.05, 3.63) is 78.1 Å². The topological polar surface area (TPSA) is 3.88 Å². The Hall–Kier alpha value is -2.15. The molecule has 0 bridgehead atoms. The van der Waals surface area contributed by atoms with Crippen LogP contribution >= 0.6 is 0 Å². The molecule has 0 aliphatic heterocycles. The normalized spacial score (nSPS) is 11.7. The molecule has 1 aromatic heterocycles. The van der Waals surface area contributed by atoms with E-state index in [-0.39, 0.29) is 0 Å². The lowest BCUT2D eigenvalue weighted by Gasteiger charge is -2.03. The molecule has 0 unspecified atom stereocenters. The lowest BCUT2D eigenvalue weighted by molar-refractivity contribution is -0.697. The minimum Gasteiger partial charge on any atom is -0.205 e. The van der Waals surface area contributed by atoms with Crippen molar-refractivity contribution in [3.8, 4) is 0 Å². The van der Waals surface area contributed by atoms with Crippen LogP contribution in [0.15, 0.2) is 67.0 Å². The van der Waals surface area contributed by atoms with Gasteiger partial charge in [0.25, 0.3) is 0 Å². The van der Waals surface area contributed by atoms with Crippen LogP contribution in [0.5, 0.6) is 0 Å². The van der Waals surface area contributed by atoms with E-state index in [1.165, 1.54) is 114 Å². The summed E-state index contributed by atoms with van der Waals surface area (Å²) in [6, 6.07) is 14.8. The summed E-state index contributed by atoms with van der Waals surface area (Å²) in [5.41, 5.74) is 2.48. The number of hydrogen-bond acceptors (Lipinski definition) is 0. The second-order valence-electron chi connectivity index (χ2n) is 9.80. The van der Waals surface area contributed by atoms with Crippen molar-refractivity contribution in [1.82, 2.24) is 0 Å². The highest BCUT2D eigenvalue weighted by atomic mass is 14.9. The number of nitrogens with zero attached hydrogens (tertiary/aromatic N) is 1. The summed E-state index contributed by atoms with van der Waals surface area (Å²) in [4.78, 5) is 0. The third-order valence-electron chi connectivity index (χ3n) is 6.67. The van der Waals surface area contributed by atoms with Crippen molar-refractivity contribution in [2.75, 3.05) is 0 Å². The molecule has 0 amide bonds. The van der Waals surface area contributed by atoms with Crippen LogP contribution in [0, 0.1) is 0 Å². The molecule has 0 spiro atoms. The molecule has 1 aromatic carbocycles. The van der Waals surface area contributed by atoms with E-state index in [2.05, 4.69) is 84.6 Å². The Morgan fingerprint density at radius 1 is 0.500 bits per heavy atom. The average molecular weight is 461 g/mol. The van der Waals surface area contributed by atoms with Gasteiger partial charge in [0.15, 0.2) is 12.4 Å². The van der Waals surface area contributed by atoms with E-state index < -0.39 is 0 Å². The Labute approximate surface area is 211 Å². The molecule has 2 aromatic rings. The van der Waals surface area contributed by atoms with Crippen LogP contribution in [-0.2, 0) is 6.54 Å². The maximum absolute atomic E-state index is 2.32. The van der Waals surface area contributed by atoms with Crippen molar-refractivity contribution < 1.29 is 4.57 Å². The Bertz CT molecular complexity index is 757. The molecule has 2 rings (SSSR count). The van der Waals surface area contributed by atoms with Crippen molar-refractivity contribution in [2.45, 2.75) is 116 Å². The molecule has 0 fully saturated rings. The molecule has 34 heavy (non-hydrogen) atoms. The van der Waals surface area contributed by atoms with Crippen LogP contribution in [0.1, 0.15) is 121 Å². The molecule has 0 N–H and O–H groups in total. The van der Waals surface area contributed by atoms with Crippen molar-refractivity contribution in [2.24, 2.45) is 0 Å². The molecule has 0 saturated heterocycles. The zero-order chi connectivity index (χ0) is 23.9. The lowest BCUT2D eigenvalue weighted by atomic mass is 10.0. The van der Waals surface area contributed by atoms with E-state index in [9.17, 15) is 0 Å². The number of pyridine rings is 1. The minimum absolute atomic E-state index is 1.14. The summed E-state index contributed by atoms with van der Waals surface area (Å²) in [5.74, 6) is 0. The summed E-state index contributed by atoms with van der Waals surface area (Å²) in [6.07, 6.45) is 35.8. The third kappa shape index (κ3) is 14.9. The first-order chi connectivity index (χ1) is 16.9. The van der Waals surface area contributed by atoms with Crippen LogP contribution < -0.4 is 4.57 Å². The molecule has 1 nitrogen and oxygen atoms in total. The van der Waals surface area contributed by atoms with E-state index >= 15 is 0 Å². The van der Waals surface area contributed by atoms with Gasteiger partial charge in [0, 0.05) is 18.6 Å². The van der Waals surface area contributed by atoms with Gasteiger partial charge in [-0.15, -0.1) is 0 Å². The zero-order valence-electron chi connectivity index (χ0n) is 22.0. The predicted octanol–water partition coefficient (Wildman–Crippen LogP) is 9.96. The number of aryl methyl sites for hydroxylation is 1. The van der Waals surface area contributed by atoms with Gasteiger partial charge in [-0.05, 0) is 17.5 Å². The van der Waals surface area contributed by atoms with Gasteiger partial charge < -0.3 is 0 Å². The SMILES string of the molecule is CCCCCCCCCCCCCCCCCC[n+]1ccc(/C=C/C=C\c2ccccc2)cc1. The smallest absolute Gasteiger partial charge is 0.169 e. The van der Waals surface area contributed by atoms with Crippen LogP contribution in [0.3, 0.4) is 0 Å². The molecular formula is C33H50N+. The van der Waals surface area contributed by atoms with Crippen LogP contribution in [-0.4, -0.2) is 0 Å². The number of aromatic nitrogens is 1. The summed E-state index contributed by atoms with van der Waals surface area (Å²) in [7, 11) is 0. The maximum atomic E-state index is 2.32. The molecule has 0 saturated carbocycles. The first kappa shape index (κ1) is 28.1. The molecule has 0 aliphatic carbocycles. The molecule has 0 atom stereocenters. The Balaban J connectivity index is 1.40. The van der Waals surface area contributed by atoms with Gasteiger partial charge >= 0.3 is 0 Å². The van der Waals surface area contributed by atoms with Gasteiger partial charge in [-0.1, -0.05) is 151 Å². The summed E-state index contributed by atoms with van der Waals surface area (Å²) in [6.45, 7) is 3.43. The van der Waals surface area contributed by atoms with E-state index in [0.29, 0.717) is 0 Å². The summed E-state index contributed by atoms with van der Waals surface area (Å²) < 4.78 is 2.32. The third-order valence-corrected chi connectivity index (χ3v) is 6.67. The van der Waals surface area contributed by atoms with E-state index in [4.69, 9.17) is 0 Å². The monoisotopic (exact) mass is 460 g/mol. The second kappa shape index (κ2) is 20.2. The highest BCUT2D eigenvalue weighted by molar-refractivity contribution is 5.56. The predicted molar refractivity (Wildman–Crippen MR) is 151 cm³/mol. The lowest BCUT2D eigenvalue weighted by Crippen LogP contribution is -2.32. The van der Waals surface area contributed by atoms with Crippen LogP contribution in [0.2, 0.25) is 0 Å². The van der Waals surface area contributed by atoms with Gasteiger partial charge in [-0.25, -0.2) is 4.57 Å². The quantitative estimate of drug-likeness (QED) is 0.105. The first-order valence-electron chi connectivity index (χ1n) is 14.3. The highest BCUT2D eigenvalue weighted by Crippen LogP contribution is 2.13. The van der Waals surface area contributed by atoms with Gasteiger partial charge in [0.1, 0.15) is 6.54 Å². The summed E-state index contributed by atoms with van der Waals surface area (Å²) >= 11 is 0. The fourth-order valence-corrected chi connectivity index (χ4v) is 4.47. The molecule has 0 radical (unpaired) electrons. The highest BCUT2D eigenvalue weighted by Gasteiger charge is 2.00. The largest absolute Gasteiger partial charge is 0.205 e. The van der Waals surface area contributed by atoms with Crippen LogP contribution in [0.4, 0.5) is 0 Å². The van der Waals surface area contributed by atoms with Gasteiger partial charge in [0.05, 0.1) is 0 Å². The molecule has 1 heterocycles. The first-order valence-corrected chi connectivity index (χ1v) is 14.3. The number of unbranched alkanes of at least 4 members (excludes halogenated alkanes) is 15. The van der Waals surface area contributed by atoms with Crippen molar-refractivity contribution in [3.63, 3.8) is 0 Å². The molecular weight excluding hydrogens is 410 g/mol. The molecule has 1 heteroatoms. The van der Waals surface area contributed by atoms with Gasteiger partial charge in [-0.3, -0.25) is 0 Å². The average Bonchev–Trinajstić information content (AvgIpc) is 2.88. The number of hydrogen-bond donors (Lipinski definition) is 0. The number of rotatable bonds is 20. The molecule has 0 aliphatic rings. The van der Waals surface area contributed by atoms with Crippen molar-refractivity contribution in [1.29, 1.82) is 0 Å². The Kier molecular flexibility index (Phi) is 16.7. The Morgan fingerprint density at radius 3 is 1.38 bits per heavy atom. The number of allylic oxidation sites excluding steroid dienone is 2. The maximum Gasteiger partial charge on any atom is 0.169 e. The fraction of sp³-hybridized carbons (Fsp3) is 0.545. The molecule has 186 valence electrons. The fourth-order valence-electron chi connectivity index (χ4n) is 4.47. The van der Waals surface area contributed by atoms with Crippen molar-refractivity contribution >= 4 is 12.2 Å². The second-order valence-corrected chi connectivity index (χ2v) is 9.80. The van der Waals surface area contributed by atoms with Gasteiger partial charge in [0.2, 0.25) is 0 Å². The Morgan fingerprint density at radius 2 is 0.912 bits per heavy atom. The summed E-state index contributed by atoms with van der Waals surface area (Å²) in [5, 5.41) is 0. The van der Waals surface area contributed by atoms with Gasteiger partial charge in [-0.2, -0.15) is 0 Å². The van der Waals surface area contributed by atoms with Crippen LogP contribution in [0.25, 0.3) is 12.2 Å². The minimum atomic E-state index is 1.14. The van der Waals surface area contributed by atoms with E-state index in [1.54, 1.807) is 0 Å². The standard InChI is InChI=1S/C33H50N/c1-2-3-4-5-6-7-8-9-10-11-12-13-14-15-16-22-29-34-30-27-33(28-31-34)26-21-20-25-32-23-18-17-19-24-32/h17-21,23-28,30-31H,2-16,22,29H2,1H3/q+1/b25-20-,26-21+. The van der Waals surface area contributed by atoms with E-state index in [1.807, 2.05) is 6.07 Å².